The van der Waals surface area contributed by atoms with Crippen molar-refractivity contribution in [3.8, 4) is 0 Å². The Balaban J connectivity index is 2.69. The maximum absolute atomic E-state index is 11.1. The lowest BCUT2D eigenvalue weighted by Gasteiger charge is -2.13. The maximum atomic E-state index is 11.1. The Kier molecular flexibility index (Phi) is 4.10. The second-order valence-corrected chi connectivity index (χ2v) is 3.53. The van der Waals surface area contributed by atoms with E-state index >= 15 is 0 Å². The third-order valence-corrected chi connectivity index (χ3v) is 2.43. The third-order valence-electron chi connectivity index (χ3n) is 2.43. The second-order valence-electron chi connectivity index (χ2n) is 3.53. The molecule has 0 saturated heterocycles. The third kappa shape index (κ3) is 3.24. The Morgan fingerprint density at radius 2 is 2.07 bits per heavy atom. The van der Waals surface area contributed by atoms with E-state index in [4.69, 9.17) is 0 Å². The van der Waals surface area contributed by atoms with E-state index in [1.165, 1.54) is 11.6 Å². The molecule has 2 heteroatoms. The number of carbonyl (C=O) groups is 1. The first-order valence-corrected chi connectivity index (χ1v) is 5.19. The summed E-state index contributed by atoms with van der Waals surface area (Å²) in [6, 6.07) is 8.30. The van der Waals surface area contributed by atoms with Crippen molar-refractivity contribution in [1.82, 2.24) is 5.32 Å². The molecule has 0 unspecified atom stereocenters. The molecule has 1 N–H and O–H groups in total. The molecule has 0 saturated carbocycles. The fourth-order valence-electron chi connectivity index (χ4n) is 1.40. The molecule has 80 valence electrons. The maximum Gasteiger partial charge on any atom is 0.243 e. The predicted octanol–water partition coefficient (Wildman–Crippen LogP) is 2.61. The van der Waals surface area contributed by atoms with Crippen LogP contribution in [0.5, 0.6) is 0 Å². The molecule has 0 spiro atoms. The molecule has 0 fully saturated rings. The smallest absolute Gasteiger partial charge is 0.243 e. The summed E-state index contributed by atoms with van der Waals surface area (Å²) in [5.41, 5.74) is 2.42. The lowest BCUT2D eigenvalue weighted by Crippen LogP contribution is -2.24. The van der Waals surface area contributed by atoms with Crippen LogP contribution in [-0.2, 0) is 11.2 Å². The molecule has 0 aromatic heterocycles. The number of hydrogen-bond donors (Lipinski definition) is 1. The van der Waals surface area contributed by atoms with Crippen molar-refractivity contribution in [3.63, 3.8) is 0 Å². The summed E-state index contributed by atoms with van der Waals surface area (Å²) in [7, 11) is 0. The van der Waals surface area contributed by atoms with Crippen molar-refractivity contribution in [2.45, 2.75) is 26.3 Å². The summed E-state index contributed by atoms with van der Waals surface area (Å²) >= 11 is 0. The van der Waals surface area contributed by atoms with Crippen LogP contribution in [0.1, 0.15) is 31.0 Å². The van der Waals surface area contributed by atoms with E-state index in [0.29, 0.717) is 0 Å². The van der Waals surface area contributed by atoms with Gasteiger partial charge in [0.2, 0.25) is 5.91 Å². The van der Waals surface area contributed by atoms with Gasteiger partial charge < -0.3 is 5.32 Å². The molecule has 0 heterocycles. The highest BCUT2D eigenvalue weighted by Crippen LogP contribution is 2.13. The minimum Gasteiger partial charge on any atom is -0.346 e. The van der Waals surface area contributed by atoms with Crippen LogP contribution >= 0.6 is 0 Å². The van der Waals surface area contributed by atoms with Crippen molar-refractivity contribution in [2.24, 2.45) is 0 Å². The lowest BCUT2D eigenvalue weighted by atomic mass is 10.1. The largest absolute Gasteiger partial charge is 0.346 e. The van der Waals surface area contributed by atoms with Gasteiger partial charge in [-0.1, -0.05) is 37.8 Å². The zero-order chi connectivity index (χ0) is 11.3. The number of nitrogens with one attached hydrogen (secondary N) is 1. The average Bonchev–Trinajstić information content (AvgIpc) is 2.29. The summed E-state index contributed by atoms with van der Waals surface area (Å²) in [6.45, 7) is 7.51. The van der Waals surface area contributed by atoms with Gasteiger partial charge in [-0.3, -0.25) is 4.79 Å². The van der Waals surface area contributed by atoms with Crippen LogP contribution in [0.4, 0.5) is 0 Å². The number of carbonyl (C=O) groups excluding carboxylic acids is 1. The molecule has 15 heavy (non-hydrogen) atoms. The number of aryl methyl sites for hydroxylation is 1. The first-order chi connectivity index (χ1) is 7.17. The topological polar surface area (TPSA) is 29.1 Å². The van der Waals surface area contributed by atoms with E-state index in [9.17, 15) is 4.79 Å². The van der Waals surface area contributed by atoms with Crippen LogP contribution in [0.15, 0.2) is 36.9 Å². The van der Waals surface area contributed by atoms with Gasteiger partial charge in [-0.15, -0.1) is 0 Å². The summed E-state index contributed by atoms with van der Waals surface area (Å²) in [5.74, 6) is -0.137. The Bertz CT molecular complexity index is 340. The van der Waals surface area contributed by atoms with Crippen LogP contribution in [-0.4, -0.2) is 5.91 Å². The van der Waals surface area contributed by atoms with Gasteiger partial charge in [-0.05, 0) is 30.5 Å². The second kappa shape index (κ2) is 5.35. The van der Waals surface area contributed by atoms with Gasteiger partial charge in [0.15, 0.2) is 0 Å². The van der Waals surface area contributed by atoms with Crippen LogP contribution in [0.3, 0.4) is 0 Å². The van der Waals surface area contributed by atoms with Crippen molar-refractivity contribution in [2.75, 3.05) is 0 Å². The summed E-state index contributed by atoms with van der Waals surface area (Å²) in [4.78, 5) is 11.1. The van der Waals surface area contributed by atoms with Crippen LogP contribution < -0.4 is 5.32 Å². The van der Waals surface area contributed by atoms with E-state index in [1.807, 2.05) is 19.1 Å². The van der Waals surface area contributed by atoms with E-state index in [2.05, 4.69) is 31.0 Å². The number of hydrogen-bond acceptors (Lipinski definition) is 1. The van der Waals surface area contributed by atoms with Crippen molar-refractivity contribution in [3.05, 3.63) is 48.0 Å². The fraction of sp³-hybridized carbons (Fsp3) is 0.308. The van der Waals surface area contributed by atoms with E-state index in [-0.39, 0.29) is 11.9 Å². The SMILES string of the molecule is C=CC(=O)N[C@H](C)c1ccc(CC)cc1. The first-order valence-electron chi connectivity index (χ1n) is 5.19. The highest BCUT2D eigenvalue weighted by molar-refractivity contribution is 5.87. The van der Waals surface area contributed by atoms with Crippen molar-refractivity contribution < 1.29 is 4.79 Å². The molecule has 1 aromatic carbocycles. The monoisotopic (exact) mass is 203 g/mol. The van der Waals surface area contributed by atoms with Gasteiger partial charge in [-0.25, -0.2) is 0 Å². The molecule has 1 amide bonds. The minimum absolute atomic E-state index is 0.0291. The molecule has 1 atom stereocenters. The Morgan fingerprint density at radius 3 is 2.53 bits per heavy atom. The zero-order valence-electron chi connectivity index (χ0n) is 9.29. The number of benzene rings is 1. The van der Waals surface area contributed by atoms with Crippen molar-refractivity contribution >= 4 is 5.91 Å². The highest BCUT2D eigenvalue weighted by Gasteiger charge is 2.06. The van der Waals surface area contributed by atoms with Crippen molar-refractivity contribution in [1.29, 1.82) is 0 Å². The van der Waals surface area contributed by atoms with Gasteiger partial charge in [0.25, 0.3) is 0 Å². The van der Waals surface area contributed by atoms with E-state index < -0.39 is 0 Å². The molecular weight excluding hydrogens is 186 g/mol. The summed E-state index contributed by atoms with van der Waals surface area (Å²) in [5, 5.41) is 2.83. The van der Waals surface area contributed by atoms with Gasteiger partial charge >= 0.3 is 0 Å². The molecule has 0 bridgehead atoms. The van der Waals surface area contributed by atoms with Gasteiger partial charge in [-0.2, -0.15) is 0 Å². The number of amides is 1. The quantitative estimate of drug-likeness (QED) is 0.749. The predicted molar refractivity (Wildman–Crippen MR) is 62.6 cm³/mol. The van der Waals surface area contributed by atoms with Crippen LogP contribution in [0, 0.1) is 0 Å². The Morgan fingerprint density at radius 1 is 1.47 bits per heavy atom. The minimum atomic E-state index is -0.137. The average molecular weight is 203 g/mol. The summed E-state index contributed by atoms with van der Waals surface area (Å²) in [6.07, 6.45) is 2.32. The number of rotatable bonds is 4. The summed E-state index contributed by atoms with van der Waals surface area (Å²) < 4.78 is 0. The lowest BCUT2D eigenvalue weighted by molar-refractivity contribution is -0.117. The molecule has 0 radical (unpaired) electrons. The highest BCUT2D eigenvalue weighted by atomic mass is 16.1. The molecular formula is C13H17NO. The molecule has 0 aliphatic rings. The normalized spacial score (nSPS) is 11.9. The molecule has 0 aliphatic carbocycles. The Labute approximate surface area is 91.0 Å². The van der Waals surface area contributed by atoms with Crippen LogP contribution in [0.2, 0.25) is 0 Å². The standard InChI is InChI=1S/C13H17NO/c1-4-11-6-8-12(9-7-11)10(3)14-13(15)5-2/h5-10H,2,4H2,1,3H3,(H,14,15)/t10-/m1/s1. The van der Waals surface area contributed by atoms with Gasteiger partial charge in [0.05, 0.1) is 6.04 Å². The first kappa shape index (κ1) is 11.5. The molecule has 1 rings (SSSR count). The van der Waals surface area contributed by atoms with Gasteiger partial charge in [0, 0.05) is 0 Å². The Hall–Kier alpha value is -1.57. The molecule has 0 aliphatic heterocycles. The molecule has 1 aromatic rings. The molecule has 2 nitrogen and oxygen atoms in total. The van der Waals surface area contributed by atoms with E-state index in [0.717, 1.165) is 12.0 Å². The van der Waals surface area contributed by atoms with Gasteiger partial charge in [0.1, 0.15) is 0 Å². The zero-order valence-corrected chi connectivity index (χ0v) is 9.29. The van der Waals surface area contributed by atoms with Crippen LogP contribution in [0.25, 0.3) is 0 Å². The van der Waals surface area contributed by atoms with E-state index in [1.54, 1.807) is 0 Å². The fourth-order valence-corrected chi connectivity index (χ4v) is 1.40.